The Bertz CT molecular complexity index is 361. The van der Waals surface area contributed by atoms with Crippen molar-refractivity contribution in [3.8, 4) is 0 Å². The van der Waals surface area contributed by atoms with Crippen molar-refractivity contribution in [1.82, 2.24) is 10.3 Å². The van der Waals surface area contributed by atoms with Gasteiger partial charge in [-0.05, 0) is 58.4 Å². The van der Waals surface area contributed by atoms with E-state index in [0.717, 1.165) is 31.1 Å². The van der Waals surface area contributed by atoms with E-state index in [1.807, 2.05) is 0 Å². The summed E-state index contributed by atoms with van der Waals surface area (Å²) in [6, 6.07) is 4.86. The average Bonchev–Trinajstić information content (AvgIpc) is 2.29. The van der Waals surface area contributed by atoms with Gasteiger partial charge in [-0.15, -0.1) is 0 Å². The van der Waals surface area contributed by atoms with Crippen LogP contribution >= 0.6 is 0 Å². The van der Waals surface area contributed by atoms with Crippen molar-refractivity contribution in [2.24, 2.45) is 0 Å². The van der Waals surface area contributed by atoms with Crippen LogP contribution in [0.25, 0.3) is 0 Å². The van der Waals surface area contributed by atoms with Crippen LogP contribution in [-0.2, 0) is 6.54 Å². The third-order valence-electron chi connectivity index (χ3n) is 3.01. The van der Waals surface area contributed by atoms with E-state index in [2.05, 4.69) is 62.0 Å². The zero-order valence-corrected chi connectivity index (χ0v) is 12.5. The molecule has 0 atom stereocenters. The lowest BCUT2D eigenvalue weighted by Crippen LogP contribution is -2.31. The van der Waals surface area contributed by atoms with E-state index in [1.165, 1.54) is 12.0 Å². The molecule has 1 rings (SSSR count). The first kappa shape index (κ1) is 15.0. The molecule has 0 unspecified atom stereocenters. The zero-order valence-electron chi connectivity index (χ0n) is 12.5. The summed E-state index contributed by atoms with van der Waals surface area (Å²) in [7, 11) is 0. The van der Waals surface area contributed by atoms with Gasteiger partial charge in [-0.2, -0.15) is 0 Å². The standard InChI is InChI=1S/C15H27N3/c1-6-8-16-11-14-9-13(5)17-15(10-14)18(7-2)12(3)4/h9-10,12,16H,6-8,11H2,1-5H3. The van der Waals surface area contributed by atoms with Gasteiger partial charge in [0.05, 0.1) is 0 Å². The minimum absolute atomic E-state index is 0.487. The van der Waals surface area contributed by atoms with Crippen LogP contribution in [0.15, 0.2) is 12.1 Å². The Labute approximate surface area is 112 Å². The Balaban J connectivity index is 2.85. The smallest absolute Gasteiger partial charge is 0.129 e. The fraction of sp³-hybridized carbons (Fsp3) is 0.667. The maximum absolute atomic E-state index is 4.65. The fourth-order valence-corrected chi connectivity index (χ4v) is 2.17. The number of aryl methyl sites for hydroxylation is 1. The summed E-state index contributed by atoms with van der Waals surface area (Å²) in [4.78, 5) is 6.98. The Kier molecular flexibility index (Phi) is 6.13. The molecule has 0 radical (unpaired) electrons. The molecule has 1 heterocycles. The van der Waals surface area contributed by atoms with E-state index in [1.54, 1.807) is 0 Å². The molecule has 0 aliphatic rings. The first-order valence-corrected chi connectivity index (χ1v) is 7.03. The Morgan fingerprint density at radius 2 is 2.00 bits per heavy atom. The number of hydrogen-bond acceptors (Lipinski definition) is 3. The maximum atomic E-state index is 4.65. The molecule has 1 aromatic rings. The SMILES string of the molecule is CCCNCc1cc(C)nc(N(CC)C(C)C)c1. The molecule has 3 heteroatoms. The highest BCUT2D eigenvalue weighted by molar-refractivity contribution is 5.43. The molecule has 1 aromatic heterocycles. The minimum atomic E-state index is 0.487. The van der Waals surface area contributed by atoms with Gasteiger partial charge >= 0.3 is 0 Å². The van der Waals surface area contributed by atoms with Crippen LogP contribution in [0, 0.1) is 6.92 Å². The number of rotatable bonds is 7. The normalized spacial score (nSPS) is 11.0. The van der Waals surface area contributed by atoms with Gasteiger partial charge in [0.2, 0.25) is 0 Å². The molecule has 0 saturated carbocycles. The van der Waals surface area contributed by atoms with Gasteiger partial charge < -0.3 is 10.2 Å². The summed E-state index contributed by atoms with van der Waals surface area (Å²) in [6.45, 7) is 13.9. The number of nitrogens with one attached hydrogen (secondary N) is 1. The van der Waals surface area contributed by atoms with Gasteiger partial charge in [0, 0.05) is 24.8 Å². The van der Waals surface area contributed by atoms with Crippen molar-refractivity contribution >= 4 is 5.82 Å². The van der Waals surface area contributed by atoms with Crippen LogP contribution in [0.1, 0.15) is 45.4 Å². The number of anilines is 1. The van der Waals surface area contributed by atoms with Crippen molar-refractivity contribution in [3.05, 3.63) is 23.4 Å². The predicted octanol–water partition coefficient (Wildman–Crippen LogP) is 3.12. The van der Waals surface area contributed by atoms with Crippen LogP contribution in [0.2, 0.25) is 0 Å². The lowest BCUT2D eigenvalue weighted by molar-refractivity contribution is 0.668. The molecular weight excluding hydrogens is 222 g/mol. The molecule has 1 N–H and O–H groups in total. The van der Waals surface area contributed by atoms with Gasteiger partial charge in [-0.1, -0.05) is 6.92 Å². The van der Waals surface area contributed by atoms with Crippen LogP contribution in [0.4, 0.5) is 5.82 Å². The maximum Gasteiger partial charge on any atom is 0.129 e. The molecule has 18 heavy (non-hydrogen) atoms. The predicted molar refractivity (Wildman–Crippen MR) is 79.1 cm³/mol. The summed E-state index contributed by atoms with van der Waals surface area (Å²) in [5.74, 6) is 1.10. The van der Waals surface area contributed by atoms with Crippen LogP contribution in [0.3, 0.4) is 0 Å². The summed E-state index contributed by atoms with van der Waals surface area (Å²) < 4.78 is 0. The lowest BCUT2D eigenvalue weighted by Gasteiger charge is -2.27. The second-order valence-corrected chi connectivity index (χ2v) is 5.03. The molecule has 0 saturated heterocycles. The second-order valence-electron chi connectivity index (χ2n) is 5.03. The first-order chi connectivity index (χ1) is 8.58. The van der Waals surface area contributed by atoms with E-state index < -0.39 is 0 Å². The summed E-state index contributed by atoms with van der Waals surface area (Å²) >= 11 is 0. The Morgan fingerprint density at radius 3 is 2.56 bits per heavy atom. The van der Waals surface area contributed by atoms with Gasteiger partial charge in [0.25, 0.3) is 0 Å². The van der Waals surface area contributed by atoms with Crippen molar-refractivity contribution < 1.29 is 0 Å². The van der Waals surface area contributed by atoms with Gasteiger partial charge in [-0.25, -0.2) is 4.98 Å². The Hall–Kier alpha value is -1.09. The Morgan fingerprint density at radius 1 is 1.28 bits per heavy atom. The van der Waals surface area contributed by atoms with Crippen LogP contribution in [-0.4, -0.2) is 24.1 Å². The third-order valence-corrected chi connectivity index (χ3v) is 3.01. The van der Waals surface area contributed by atoms with Crippen molar-refractivity contribution in [2.45, 2.75) is 53.6 Å². The molecule has 0 aromatic carbocycles. The molecule has 102 valence electrons. The molecule has 0 aliphatic heterocycles. The molecule has 0 fully saturated rings. The highest BCUT2D eigenvalue weighted by Gasteiger charge is 2.10. The molecule has 0 aliphatic carbocycles. The number of hydrogen-bond donors (Lipinski definition) is 1. The quantitative estimate of drug-likeness (QED) is 0.753. The summed E-state index contributed by atoms with van der Waals surface area (Å²) in [6.07, 6.45) is 1.17. The minimum Gasteiger partial charge on any atom is -0.354 e. The van der Waals surface area contributed by atoms with Gasteiger partial charge in [-0.3, -0.25) is 0 Å². The topological polar surface area (TPSA) is 28.2 Å². The molecule has 3 nitrogen and oxygen atoms in total. The molecule has 0 spiro atoms. The van der Waals surface area contributed by atoms with E-state index in [9.17, 15) is 0 Å². The fourth-order valence-electron chi connectivity index (χ4n) is 2.17. The molecular formula is C15H27N3. The monoisotopic (exact) mass is 249 g/mol. The van der Waals surface area contributed by atoms with Crippen molar-refractivity contribution in [2.75, 3.05) is 18.0 Å². The highest BCUT2D eigenvalue weighted by atomic mass is 15.2. The first-order valence-electron chi connectivity index (χ1n) is 7.03. The van der Waals surface area contributed by atoms with E-state index in [4.69, 9.17) is 0 Å². The van der Waals surface area contributed by atoms with Crippen molar-refractivity contribution in [3.63, 3.8) is 0 Å². The van der Waals surface area contributed by atoms with E-state index in [-0.39, 0.29) is 0 Å². The average molecular weight is 249 g/mol. The van der Waals surface area contributed by atoms with Crippen molar-refractivity contribution in [1.29, 1.82) is 0 Å². The number of nitrogens with zero attached hydrogens (tertiary/aromatic N) is 2. The molecule has 0 bridgehead atoms. The van der Waals surface area contributed by atoms with E-state index in [0.29, 0.717) is 6.04 Å². The van der Waals surface area contributed by atoms with Crippen LogP contribution in [0.5, 0.6) is 0 Å². The summed E-state index contributed by atoms with van der Waals surface area (Å²) in [5.41, 5.74) is 2.42. The lowest BCUT2D eigenvalue weighted by atomic mass is 10.2. The number of pyridine rings is 1. The van der Waals surface area contributed by atoms with Crippen LogP contribution < -0.4 is 10.2 Å². The van der Waals surface area contributed by atoms with Gasteiger partial charge in [0.15, 0.2) is 0 Å². The third kappa shape index (κ3) is 4.30. The number of aromatic nitrogens is 1. The summed E-state index contributed by atoms with van der Waals surface area (Å²) in [5, 5.41) is 3.45. The largest absolute Gasteiger partial charge is 0.354 e. The van der Waals surface area contributed by atoms with Gasteiger partial charge in [0.1, 0.15) is 5.82 Å². The zero-order chi connectivity index (χ0) is 13.5. The highest BCUT2D eigenvalue weighted by Crippen LogP contribution is 2.17. The van der Waals surface area contributed by atoms with E-state index >= 15 is 0 Å². The molecule has 0 amide bonds. The second kappa shape index (κ2) is 7.37.